The van der Waals surface area contributed by atoms with Crippen LogP contribution < -0.4 is 15.5 Å². The van der Waals surface area contributed by atoms with E-state index < -0.39 is 0 Å². The van der Waals surface area contributed by atoms with Crippen LogP contribution in [0, 0.1) is 6.92 Å². The van der Waals surface area contributed by atoms with E-state index in [2.05, 4.69) is 45.4 Å². The van der Waals surface area contributed by atoms with E-state index in [4.69, 9.17) is 9.72 Å². The number of rotatable bonds is 6. The maximum absolute atomic E-state index is 11.6. The van der Waals surface area contributed by atoms with Gasteiger partial charge in [-0.25, -0.2) is 9.97 Å². The lowest BCUT2D eigenvalue weighted by atomic mass is 10.1. The fraction of sp³-hybridized carbons (Fsp3) is 0.360. The number of amides is 1. The first-order valence-electron chi connectivity index (χ1n) is 11.2. The van der Waals surface area contributed by atoms with Crippen LogP contribution in [0.1, 0.15) is 26.3 Å². The standard InChI is InChI=1S/C25H30N6O2S/c1-15-8-24(30-25(9-15)34-5)29-22-10-23(28-18(4)32)27-12-20(22)21-7-6-19(11-26-21)31-13-16(2)33-17(3)14-31/h6-12,16-17H,13-14H2,1-5H3,(H2,27,28,29,30,32). The SMILES string of the molecule is CSc1cc(C)cc(Nc2cc(NC(C)=O)ncc2-c2ccc(N3CC(C)OC(C)C3)cn2)n1. The molecule has 34 heavy (non-hydrogen) atoms. The highest BCUT2D eigenvalue weighted by Crippen LogP contribution is 2.32. The molecule has 0 spiro atoms. The van der Waals surface area contributed by atoms with Gasteiger partial charge in [-0.3, -0.25) is 9.78 Å². The molecule has 0 radical (unpaired) electrons. The van der Waals surface area contributed by atoms with E-state index in [1.165, 1.54) is 6.92 Å². The lowest BCUT2D eigenvalue weighted by Crippen LogP contribution is -2.45. The number of morpholine rings is 1. The number of nitrogens with zero attached hydrogens (tertiary/aromatic N) is 4. The van der Waals surface area contributed by atoms with Gasteiger partial charge >= 0.3 is 0 Å². The Labute approximate surface area is 204 Å². The molecule has 8 nitrogen and oxygen atoms in total. The monoisotopic (exact) mass is 478 g/mol. The normalized spacial score (nSPS) is 18.0. The van der Waals surface area contributed by atoms with Gasteiger partial charge in [0.05, 0.1) is 40.5 Å². The fourth-order valence-electron chi connectivity index (χ4n) is 4.07. The van der Waals surface area contributed by atoms with Crippen molar-refractivity contribution in [1.82, 2.24) is 15.0 Å². The molecule has 3 aromatic rings. The Hall–Kier alpha value is -3.17. The maximum Gasteiger partial charge on any atom is 0.222 e. The summed E-state index contributed by atoms with van der Waals surface area (Å²) in [5.41, 5.74) is 4.53. The number of pyridine rings is 3. The van der Waals surface area contributed by atoms with E-state index in [1.807, 2.05) is 37.6 Å². The molecule has 4 rings (SSSR count). The number of hydrogen-bond donors (Lipinski definition) is 2. The van der Waals surface area contributed by atoms with Gasteiger partial charge in [0.2, 0.25) is 5.91 Å². The lowest BCUT2D eigenvalue weighted by Gasteiger charge is -2.36. The molecule has 0 aliphatic carbocycles. The number of carbonyl (C=O) groups excluding carboxylic acids is 1. The van der Waals surface area contributed by atoms with Gasteiger partial charge in [-0.1, -0.05) is 0 Å². The van der Waals surface area contributed by atoms with Crippen molar-refractivity contribution in [2.75, 3.05) is 34.9 Å². The summed E-state index contributed by atoms with van der Waals surface area (Å²) < 4.78 is 5.85. The Balaban J connectivity index is 1.66. The number of aromatic nitrogens is 3. The highest BCUT2D eigenvalue weighted by Gasteiger charge is 2.22. The van der Waals surface area contributed by atoms with Gasteiger partial charge in [-0.15, -0.1) is 11.8 Å². The molecule has 0 bridgehead atoms. The van der Waals surface area contributed by atoms with E-state index >= 15 is 0 Å². The number of thioether (sulfide) groups is 1. The van der Waals surface area contributed by atoms with E-state index in [9.17, 15) is 4.79 Å². The molecule has 1 amide bonds. The molecule has 4 heterocycles. The Morgan fingerprint density at radius 1 is 1.09 bits per heavy atom. The van der Waals surface area contributed by atoms with Gasteiger partial charge in [0.15, 0.2) is 0 Å². The number of nitrogens with one attached hydrogen (secondary N) is 2. The third-order valence-electron chi connectivity index (χ3n) is 5.43. The average molecular weight is 479 g/mol. The summed E-state index contributed by atoms with van der Waals surface area (Å²) in [6.07, 6.45) is 5.97. The summed E-state index contributed by atoms with van der Waals surface area (Å²) in [5.74, 6) is 1.00. The molecule has 3 aromatic heterocycles. The second-order valence-electron chi connectivity index (χ2n) is 8.56. The van der Waals surface area contributed by atoms with Crippen LogP contribution in [-0.2, 0) is 9.53 Å². The zero-order valence-corrected chi connectivity index (χ0v) is 20.9. The average Bonchev–Trinajstić information content (AvgIpc) is 2.78. The van der Waals surface area contributed by atoms with Crippen molar-refractivity contribution >= 4 is 40.7 Å². The molecular formula is C25H30N6O2S. The second-order valence-corrected chi connectivity index (χ2v) is 9.38. The minimum Gasteiger partial charge on any atom is -0.372 e. The van der Waals surface area contributed by atoms with E-state index in [0.717, 1.165) is 52.1 Å². The fourth-order valence-corrected chi connectivity index (χ4v) is 4.57. The Morgan fingerprint density at radius 3 is 2.50 bits per heavy atom. The van der Waals surface area contributed by atoms with Gasteiger partial charge in [-0.05, 0) is 56.9 Å². The largest absolute Gasteiger partial charge is 0.372 e. The summed E-state index contributed by atoms with van der Waals surface area (Å²) in [6, 6.07) is 9.91. The van der Waals surface area contributed by atoms with Crippen LogP contribution in [0.5, 0.6) is 0 Å². The van der Waals surface area contributed by atoms with E-state index in [-0.39, 0.29) is 18.1 Å². The molecule has 178 valence electrons. The van der Waals surface area contributed by atoms with Crippen molar-refractivity contribution in [3.63, 3.8) is 0 Å². The molecule has 9 heteroatoms. The van der Waals surface area contributed by atoms with Crippen molar-refractivity contribution in [1.29, 1.82) is 0 Å². The Kier molecular flexibility index (Phi) is 7.33. The predicted octanol–water partition coefficient (Wildman–Crippen LogP) is 4.88. The number of anilines is 4. The van der Waals surface area contributed by atoms with Crippen molar-refractivity contribution in [3.05, 3.63) is 48.3 Å². The number of carbonyl (C=O) groups is 1. The van der Waals surface area contributed by atoms with Crippen LogP contribution in [0.25, 0.3) is 11.3 Å². The minimum atomic E-state index is -0.180. The highest BCUT2D eigenvalue weighted by molar-refractivity contribution is 7.98. The summed E-state index contributed by atoms with van der Waals surface area (Å²) >= 11 is 1.59. The summed E-state index contributed by atoms with van der Waals surface area (Å²) in [6.45, 7) is 9.35. The van der Waals surface area contributed by atoms with Gasteiger partial charge in [0, 0.05) is 37.8 Å². The van der Waals surface area contributed by atoms with Crippen LogP contribution in [-0.4, -0.2) is 52.4 Å². The molecule has 0 saturated carbocycles. The molecule has 1 aliphatic heterocycles. The smallest absolute Gasteiger partial charge is 0.222 e. The van der Waals surface area contributed by atoms with Crippen LogP contribution in [0.15, 0.2) is 47.8 Å². The summed E-state index contributed by atoms with van der Waals surface area (Å²) in [7, 11) is 0. The Bertz CT molecular complexity index is 1160. The highest BCUT2D eigenvalue weighted by atomic mass is 32.2. The van der Waals surface area contributed by atoms with E-state index in [1.54, 1.807) is 24.0 Å². The predicted molar refractivity (Wildman–Crippen MR) is 138 cm³/mol. The third kappa shape index (κ3) is 5.84. The molecule has 1 saturated heterocycles. The van der Waals surface area contributed by atoms with Gasteiger partial charge in [0.25, 0.3) is 0 Å². The third-order valence-corrected chi connectivity index (χ3v) is 6.06. The maximum atomic E-state index is 11.6. The van der Waals surface area contributed by atoms with Crippen molar-refractivity contribution in [3.8, 4) is 11.3 Å². The minimum absolute atomic E-state index is 0.178. The zero-order chi connectivity index (χ0) is 24.2. The van der Waals surface area contributed by atoms with Crippen LogP contribution in [0.4, 0.5) is 23.0 Å². The first-order chi connectivity index (χ1) is 16.3. The number of ether oxygens (including phenoxy) is 1. The molecular weight excluding hydrogens is 448 g/mol. The molecule has 2 atom stereocenters. The Morgan fingerprint density at radius 2 is 1.85 bits per heavy atom. The lowest BCUT2D eigenvalue weighted by molar-refractivity contribution is -0.114. The van der Waals surface area contributed by atoms with Crippen molar-refractivity contribution in [2.45, 2.75) is 44.9 Å². The van der Waals surface area contributed by atoms with Crippen LogP contribution >= 0.6 is 11.8 Å². The second kappa shape index (κ2) is 10.4. The van der Waals surface area contributed by atoms with Crippen LogP contribution in [0.2, 0.25) is 0 Å². The summed E-state index contributed by atoms with van der Waals surface area (Å²) in [5, 5.41) is 7.08. The first kappa shape index (κ1) is 24.0. The van der Waals surface area contributed by atoms with Gasteiger partial charge < -0.3 is 20.3 Å². The van der Waals surface area contributed by atoms with E-state index in [0.29, 0.717) is 5.82 Å². The van der Waals surface area contributed by atoms with Crippen molar-refractivity contribution in [2.24, 2.45) is 0 Å². The zero-order valence-electron chi connectivity index (χ0n) is 20.1. The number of aryl methyl sites for hydroxylation is 1. The molecule has 2 N–H and O–H groups in total. The molecule has 2 unspecified atom stereocenters. The van der Waals surface area contributed by atoms with Crippen molar-refractivity contribution < 1.29 is 9.53 Å². The summed E-state index contributed by atoms with van der Waals surface area (Å²) in [4.78, 5) is 27.7. The molecule has 1 aliphatic rings. The molecule has 1 fully saturated rings. The van der Waals surface area contributed by atoms with Crippen LogP contribution in [0.3, 0.4) is 0 Å². The topological polar surface area (TPSA) is 92.3 Å². The van der Waals surface area contributed by atoms with Gasteiger partial charge in [0.1, 0.15) is 11.6 Å². The molecule has 0 aromatic carbocycles. The number of hydrogen-bond acceptors (Lipinski definition) is 8. The quantitative estimate of drug-likeness (QED) is 0.484. The first-order valence-corrected chi connectivity index (χ1v) is 12.5. The van der Waals surface area contributed by atoms with Gasteiger partial charge in [-0.2, -0.15) is 0 Å².